The summed E-state index contributed by atoms with van der Waals surface area (Å²) in [6.07, 6.45) is 0. The standard InChI is InChI=1S/C8H10.C2H6.B.H3N/c1-7-5-3-4-6-8(7)2;1-2;;/h3-6H,1-2H3;1-2H3;;1H3. The molecule has 0 fully saturated rings. The third-order valence-electron chi connectivity index (χ3n) is 1.43. The molecule has 0 heterocycles. The Kier molecular flexibility index (Phi) is 14.8. The average Bonchev–Trinajstić information content (AvgIpc) is 2.00. The van der Waals surface area contributed by atoms with E-state index in [0.29, 0.717) is 0 Å². The monoisotopic (exact) mass is 164 g/mol. The zero-order valence-corrected chi connectivity index (χ0v) is 8.59. The van der Waals surface area contributed by atoms with Crippen LogP contribution in [0.5, 0.6) is 0 Å². The van der Waals surface area contributed by atoms with E-state index in [2.05, 4.69) is 38.1 Å². The second kappa shape index (κ2) is 10.2. The first-order valence-electron chi connectivity index (χ1n) is 3.83. The fourth-order valence-corrected chi connectivity index (χ4v) is 0.663. The van der Waals surface area contributed by atoms with Gasteiger partial charge in [0, 0.05) is 8.41 Å². The first-order valence-corrected chi connectivity index (χ1v) is 3.83. The highest BCUT2D eigenvalue weighted by Crippen LogP contribution is 2.02. The van der Waals surface area contributed by atoms with E-state index in [1.54, 1.807) is 0 Å². The third-order valence-corrected chi connectivity index (χ3v) is 1.43. The van der Waals surface area contributed by atoms with Crippen LogP contribution in [0.2, 0.25) is 0 Å². The summed E-state index contributed by atoms with van der Waals surface area (Å²) < 4.78 is 0. The number of hydrogen-bond donors (Lipinski definition) is 1. The molecule has 1 aromatic carbocycles. The van der Waals surface area contributed by atoms with Crippen molar-refractivity contribution in [2.45, 2.75) is 27.7 Å². The van der Waals surface area contributed by atoms with E-state index in [4.69, 9.17) is 0 Å². The van der Waals surface area contributed by atoms with Crippen molar-refractivity contribution in [1.82, 2.24) is 6.15 Å². The predicted octanol–water partition coefficient (Wildman–Crippen LogP) is 3.11. The lowest BCUT2D eigenvalue weighted by Crippen LogP contribution is -1.74. The maximum atomic E-state index is 2.12. The van der Waals surface area contributed by atoms with E-state index in [9.17, 15) is 0 Å². The minimum atomic E-state index is 0. The minimum Gasteiger partial charge on any atom is -0.344 e. The highest BCUT2D eigenvalue weighted by molar-refractivity contribution is 5.75. The number of benzene rings is 1. The van der Waals surface area contributed by atoms with Crippen LogP contribution in [0.4, 0.5) is 0 Å². The summed E-state index contributed by atoms with van der Waals surface area (Å²) in [4.78, 5) is 0. The summed E-state index contributed by atoms with van der Waals surface area (Å²) >= 11 is 0. The Morgan fingerprint density at radius 3 is 1.25 bits per heavy atom. The molecule has 67 valence electrons. The van der Waals surface area contributed by atoms with E-state index in [1.807, 2.05) is 13.8 Å². The van der Waals surface area contributed by atoms with Gasteiger partial charge >= 0.3 is 0 Å². The molecular formula is C10H19BN. The van der Waals surface area contributed by atoms with Gasteiger partial charge in [-0.15, -0.1) is 0 Å². The Hall–Kier alpha value is -0.755. The van der Waals surface area contributed by atoms with Crippen molar-refractivity contribution in [2.24, 2.45) is 0 Å². The topological polar surface area (TPSA) is 35.0 Å². The van der Waals surface area contributed by atoms with Gasteiger partial charge in [-0.05, 0) is 25.0 Å². The van der Waals surface area contributed by atoms with Gasteiger partial charge in [0.1, 0.15) is 0 Å². The van der Waals surface area contributed by atoms with Crippen molar-refractivity contribution in [3.8, 4) is 0 Å². The lowest BCUT2D eigenvalue weighted by molar-refractivity contribution is 1.34. The van der Waals surface area contributed by atoms with E-state index < -0.39 is 0 Å². The molecule has 0 aliphatic rings. The SMILES string of the molecule is CC.Cc1ccccc1C.N.[B]. The first-order chi connectivity index (χ1) is 4.80. The Morgan fingerprint density at radius 2 is 1.08 bits per heavy atom. The highest BCUT2D eigenvalue weighted by Gasteiger charge is 1.83. The summed E-state index contributed by atoms with van der Waals surface area (Å²) in [5.41, 5.74) is 2.74. The van der Waals surface area contributed by atoms with Gasteiger partial charge in [0.15, 0.2) is 0 Å². The Balaban J connectivity index is -0.000000189. The summed E-state index contributed by atoms with van der Waals surface area (Å²) in [5.74, 6) is 0. The molecule has 3 radical (unpaired) electrons. The Morgan fingerprint density at radius 1 is 0.833 bits per heavy atom. The summed E-state index contributed by atoms with van der Waals surface area (Å²) in [7, 11) is 0. The zero-order chi connectivity index (χ0) is 7.98. The van der Waals surface area contributed by atoms with Gasteiger partial charge in [0.25, 0.3) is 0 Å². The fourth-order valence-electron chi connectivity index (χ4n) is 0.663. The van der Waals surface area contributed by atoms with E-state index in [-0.39, 0.29) is 14.6 Å². The smallest absolute Gasteiger partial charge is 0 e. The van der Waals surface area contributed by atoms with Crippen molar-refractivity contribution in [3.63, 3.8) is 0 Å². The minimum absolute atomic E-state index is 0. The Labute approximate surface area is 78.4 Å². The maximum Gasteiger partial charge on any atom is 0 e. The van der Waals surface area contributed by atoms with E-state index in [1.165, 1.54) is 11.1 Å². The molecule has 1 aromatic rings. The van der Waals surface area contributed by atoms with Gasteiger partial charge in [0.2, 0.25) is 0 Å². The van der Waals surface area contributed by atoms with Crippen molar-refractivity contribution in [3.05, 3.63) is 35.4 Å². The number of hydrogen-bond acceptors (Lipinski definition) is 1. The molecule has 0 atom stereocenters. The predicted molar refractivity (Wildman–Crippen MR) is 58.0 cm³/mol. The van der Waals surface area contributed by atoms with Gasteiger partial charge in [-0.2, -0.15) is 0 Å². The average molecular weight is 164 g/mol. The lowest BCUT2D eigenvalue weighted by Gasteiger charge is -1.93. The highest BCUT2D eigenvalue weighted by atomic mass is 14.0. The molecule has 12 heavy (non-hydrogen) atoms. The van der Waals surface area contributed by atoms with Crippen molar-refractivity contribution in [2.75, 3.05) is 0 Å². The lowest BCUT2D eigenvalue weighted by atomic mass is 10.1. The summed E-state index contributed by atoms with van der Waals surface area (Å²) in [6.45, 7) is 8.24. The van der Waals surface area contributed by atoms with E-state index in [0.717, 1.165) is 0 Å². The molecule has 0 spiro atoms. The molecule has 2 heteroatoms. The first kappa shape index (κ1) is 17.4. The van der Waals surface area contributed by atoms with Crippen LogP contribution in [0, 0.1) is 13.8 Å². The quantitative estimate of drug-likeness (QED) is 0.587. The zero-order valence-electron chi connectivity index (χ0n) is 8.59. The number of rotatable bonds is 0. The van der Waals surface area contributed by atoms with Gasteiger partial charge in [-0.25, -0.2) is 0 Å². The Bertz CT molecular complexity index is 166. The fraction of sp³-hybridized carbons (Fsp3) is 0.400. The van der Waals surface area contributed by atoms with Crippen LogP contribution in [0.15, 0.2) is 24.3 Å². The van der Waals surface area contributed by atoms with Crippen molar-refractivity contribution >= 4 is 8.41 Å². The van der Waals surface area contributed by atoms with Crippen LogP contribution in [0.25, 0.3) is 0 Å². The molecule has 0 unspecified atom stereocenters. The molecule has 3 N–H and O–H groups in total. The molecule has 1 nitrogen and oxygen atoms in total. The van der Waals surface area contributed by atoms with Gasteiger partial charge < -0.3 is 6.15 Å². The summed E-state index contributed by atoms with van der Waals surface area (Å²) in [6, 6.07) is 8.36. The maximum absolute atomic E-state index is 2.12. The third kappa shape index (κ3) is 5.99. The molecule has 0 aromatic heterocycles. The van der Waals surface area contributed by atoms with Crippen molar-refractivity contribution in [1.29, 1.82) is 0 Å². The van der Waals surface area contributed by atoms with Crippen LogP contribution in [-0.2, 0) is 0 Å². The molecule has 0 amide bonds. The van der Waals surface area contributed by atoms with Crippen LogP contribution < -0.4 is 6.15 Å². The van der Waals surface area contributed by atoms with Crippen LogP contribution in [-0.4, -0.2) is 8.41 Å². The molecule has 1 rings (SSSR count). The van der Waals surface area contributed by atoms with Crippen molar-refractivity contribution < 1.29 is 0 Å². The second-order valence-electron chi connectivity index (χ2n) is 2.08. The molecular weight excluding hydrogens is 145 g/mol. The molecule has 0 bridgehead atoms. The largest absolute Gasteiger partial charge is 0.344 e. The van der Waals surface area contributed by atoms with Gasteiger partial charge in [0.05, 0.1) is 0 Å². The molecule has 0 saturated heterocycles. The van der Waals surface area contributed by atoms with Gasteiger partial charge in [-0.1, -0.05) is 38.1 Å². The number of aryl methyl sites for hydroxylation is 2. The molecule has 0 saturated carbocycles. The normalized spacial score (nSPS) is 6.67. The van der Waals surface area contributed by atoms with Crippen LogP contribution in [0.1, 0.15) is 25.0 Å². The van der Waals surface area contributed by atoms with Gasteiger partial charge in [-0.3, -0.25) is 0 Å². The summed E-state index contributed by atoms with van der Waals surface area (Å²) in [5, 5.41) is 0. The van der Waals surface area contributed by atoms with Crippen LogP contribution in [0.3, 0.4) is 0 Å². The van der Waals surface area contributed by atoms with Crippen LogP contribution >= 0.6 is 0 Å². The van der Waals surface area contributed by atoms with E-state index >= 15 is 0 Å². The molecule has 0 aliphatic carbocycles. The second-order valence-corrected chi connectivity index (χ2v) is 2.08. The molecule has 0 aliphatic heterocycles.